The van der Waals surface area contributed by atoms with Crippen molar-refractivity contribution in [2.45, 2.75) is 13.8 Å². The van der Waals surface area contributed by atoms with Crippen LogP contribution in [-0.2, 0) is 9.47 Å². The maximum atomic E-state index is 12.5. The lowest BCUT2D eigenvalue weighted by molar-refractivity contribution is 0.0468. The van der Waals surface area contributed by atoms with Crippen molar-refractivity contribution in [2.75, 3.05) is 20.8 Å². The summed E-state index contributed by atoms with van der Waals surface area (Å²) in [5.74, 6) is -0.970. The van der Waals surface area contributed by atoms with E-state index in [0.717, 1.165) is 11.3 Å². The highest BCUT2D eigenvalue weighted by atomic mass is 32.1. The number of aromatic nitrogens is 2. The first-order valence-corrected chi connectivity index (χ1v) is 9.81. The lowest BCUT2D eigenvalue weighted by Gasteiger charge is -2.03. The minimum atomic E-state index is -0.700. The molecule has 0 atom stereocenters. The van der Waals surface area contributed by atoms with Crippen molar-refractivity contribution in [3.8, 4) is 16.3 Å². The Hall–Kier alpha value is -3.46. The molecule has 8 nitrogen and oxygen atoms in total. The fraction of sp³-hybridized carbons (Fsp3) is 0.238. The fourth-order valence-corrected chi connectivity index (χ4v) is 3.74. The maximum Gasteiger partial charge on any atom is 0.358 e. The molecule has 9 heteroatoms. The van der Waals surface area contributed by atoms with Crippen LogP contribution in [0.4, 0.5) is 0 Å². The van der Waals surface area contributed by atoms with Gasteiger partial charge in [-0.05, 0) is 43.7 Å². The number of carbonyl (C=O) groups is 3. The SMILES string of the molecule is COC(=O)c1c(C)[nH]c(C(=O)COC(=O)c2csc(-c3ccc(OC)cc3)n2)c1C. The largest absolute Gasteiger partial charge is 0.497 e. The molecule has 0 aliphatic carbocycles. The molecule has 30 heavy (non-hydrogen) atoms. The number of rotatable bonds is 7. The van der Waals surface area contributed by atoms with Gasteiger partial charge in [-0.1, -0.05) is 0 Å². The second kappa shape index (κ2) is 8.91. The van der Waals surface area contributed by atoms with E-state index in [1.165, 1.54) is 18.4 Å². The molecule has 1 N–H and O–H groups in total. The second-order valence-electron chi connectivity index (χ2n) is 6.38. The topological polar surface area (TPSA) is 108 Å². The summed E-state index contributed by atoms with van der Waals surface area (Å²) in [5.41, 5.74) is 2.43. The number of hydrogen-bond acceptors (Lipinski definition) is 8. The highest BCUT2D eigenvalue weighted by Crippen LogP contribution is 2.26. The van der Waals surface area contributed by atoms with Crippen LogP contribution < -0.4 is 4.74 Å². The van der Waals surface area contributed by atoms with Gasteiger partial charge in [-0.2, -0.15) is 0 Å². The van der Waals surface area contributed by atoms with E-state index in [1.54, 1.807) is 38.5 Å². The number of aromatic amines is 1. The Morgan fingerprint density at radius 1 is 1.07 bits per heavy atom. The number of ketones is 1. The van der Waals surface area contributed by atoms with Crippen molar-refractivity contribution in [3.05, 3.63) is 57.9 Å². The number of ether oxygens (including phenoxy) is 3. The summed E-state index contributed by atoms with van der Waals surface area (Å²) in [6, 6.07) is 7.28. The molecule has 0 amide bonds. The molecular weight excluding hydrogens is 408 g/mol. The highest BCUT2D eigenvalue weighted by Gasteiger charge is 2.23. The number of Topliss-reactive ketones (excluding diaryl/α,β-unsaturated/α-hetero) is 1. The predicted molar refractivity (Wildman–Crippen MR) is 110 cm³/mol. The molecule has 0 aliphatic heterocycles. The van der Waals surface area contributed by atoms with Crippen LogP contribution in [0.15, 0.2) is 29.6 Å². The van der Waals surface area contributed by atoms with Gasteiger partial charge in [0.1, 0.15) is 10.8 Å². The first-order chi connectivity index (χ1) is 14.3. The molecule has 156 valence electrons. The van der Waals surface area contributed by atoms with E-state index in [4.69, 9.17) is 14.2 Å². The number of carbonyl (C=O) groups excluding carboxylic acids is 3. The molecule has 0 bridgehead atoms. The molecule has 0 aliphatic rings. The fourth-order valence-electron chi connectivity index (χ4n) is 2.95. The molecule has 1 aromatic carbocycles. The zero-order chi connectivity index (χ0) is 21.8. The Morgan fingerprint density at radius 2 is 1.77 bits per heavy atom. The summed E-state index contributed by atoms with van der Waals surface area (Å²) in [6.07, 6.45) is 0. The lowest BCUT2D eigenvalue weighted by atomic mass is 10.1. The number of H-pyrrole nitrogens is 1. The van der Waals surface area contributed by atoms with Gasteiger partial charge >= 0.3 is 11.9 Å². The van der Waals surface area contributed by atoms with Gasteiger partial charge in [-0.3, -0.25) is 4.79 Å². The molecule has 0 radical (unpaired) electrons. The number of nitrogens with one attached hydrogen (secondary N) is 1. The van der Waals surface area contributed by atoms with Crippen LogP contribution in [0, 0.1) is 13.8 Å². The smallest absolute Gasteiger partial charge is 0.358 e. The zero-order valence-corrected chi connectivity index (χ0v) is 17.7. The summed E-state index contributed by atoms with van der Waals surface area (Å²) in [7, 11) is 2.85. The molecule has 3 rings (SSSR count). The predicted octanol–water partition coefficient (Wildman–Crippen LogP) is 3.59. The van der Waals surface area contributed by atoms with E-state index < -0.39 is 24.3 Å². The van der Waals surface area contributed by atoms with Gasteiger partial charge in [0.15, 0.2) is 12.3 Å². The maximum absolute atomic E-state index is 12.5. The van der Waals surface area contributed by atoms with Crippen LogP contribution >= 0.6 is 11.3 Å². The van der Waals surface area contributed by atoms with Gasteiger partial charge < -0.3 is 19.2 Å². The average Bonchev–Trinajstić information content (AvgIpc) is 3.36. The van der Waals surface area contributed by atoms with E-state index >= 15 is 0 Å². The Balaban J connectivity index is 1.67. The third kappa shape index (κ3) is 4.25. The van der Waals surface area contributed by atoms with E-state index in [-0.39, 0.29) is 11.4 Å². The summed E-state index contributed by atoms with van der Waals surface area (Å²) in [5, 5.41) is 2.22. The van der Waals surface area contributed by atoms with Gasteiger partial charge in [0.2, 0.25) is 5.78 Å². The Kier molecular flexibility index (Phi) is 6.31. The molecule has 0 spiro atoms. The molecular formula is C21H20N2O6S. The number of benzene rings is 1. The standard InChI is InChI=1S/C21H20N2O6S/c1-11-17(21(26)28-4)12(2)22-18(11)16(24)9-29-20(25)15-10-30-19(23-15)13-5-7-14(27-3)8-6-13/h5-8,10,22H,9H2,1-4H3. The van der Waals surface area contributed by atoms with Crippen LogP contribution in [-0.4, -0.2) is 48.5 Å². The van der Waals surface area contributed by atoms with Crippen LogP contribution in [0.3, 0.4) is 0 Å². The Labute approximate surface area is 176 Å². The van der Waals surface area contributed by atoms with E-state index in [2.05, 4.69) is 9.97 Å². The van der Waals surface area contributed by atoms with E-state index in [0.29, 0.717) is 21.8 Å². The van der Waals surface area contributed by atoms with Crippen LogP contribution in [0.2, 0.25) is 0 Å². The molecule has 0 saturated heterocycles. The molecule has 0 fully saturated rings. The van der Waals surface area contributed by atoms with Gasteiger partial charge in [-0.25, -0.2) is 14.6 Å². The molecule has 0 unspecified atom stereocenters. The lowest BCUT2D eigenvalue weighted by Crippen LogP contribution is -2.16. The highest BCUT2D eigenvalue weighted by molar-refractivity contribution is 7.13. The first kappa shape index (κ1) is 21.3. The average molecular weight is 428 g/mol. The summed E-state index contributed by atoms with van der Waals surface area (Å²) in [4.78, 5) is 43.8. The van der Waals surface area contributed by atoms with E-state index in [9.17, 15) is 14.4 Å². The number of hydrogen-bond donors (Lipinski definition) is 1. The third-order valence-corrected chi connectivity index (χ3v) is 5.38. The molecule has 0 saturated carbocycles. The van der Waals surface area contributed by atoms with Crippen molar-refractivity contribution < 1.29 is 28.6 Å². The van der Waals surface area contributed by atoms with Crippen molar-refractivity contribution in [3.63, 3.8) is 0 Å². The number of thiazole rings is 1. The van der Waals surface area contributed by atoms with E-state index in [1.807, 2.05) is 12.1 Å². The third-order valence-electron chi connectivity index (χ3n) is 4.49. The quantitative estimate of drug-likeness (QED) is 0.453. The Morgan fingerprint density at radius 3 is 2.40 bits per heavy atom. The van der Waals surface area contributed by atoms with Crippen LogP contribution in [0.1, 0.15) is 42.6 Å². The number of esters is 2. The summed E-state index contributed by atoms with van der Waals surface area (Å²) >= 11 is 1.29. The first-order valence-electron chi connectivity index (χ1n) is 8.93. The van der Waals surface area contributed by atoms with Crippen molar-refractivity contribution in [1.29, 1.82) is 0 Å². The van der Waals surface area contributed by atoms with Crippen LogP contribution in [0.5, 0.6) is 5.75 Å². The van der Waals surface area contributed by atoms with Crippen molar-refractivity contribution >= 4 is 29.1 Å². The normalized spacial score (nSPS) is 10.5. The Bertz CT molecular complexity index is 1100. The zero-order valence-electron chi connectivity index (χ0n) is 16.9. The minimum Gasteiger partial charge on any atom is -0.497 e. The molecule has 2 aromatic heterocycles. The van der Waals surface area contributed by atoms with Gasteiger partial charge in [-0.15, -0.1) is 11.3 Å². The number of aryl methyl sites for hydroxylation is 1. The molecule has 2 heterocycles. The van der Waals surface area contributed by atoms with Crippen molar-refractivity contribution in [2.24, 2.45) is 0 Å². The minimum absolute atomic E-state index is 0.119. The van der Waals surface area contributed by atoms with Gasteiger partial charge in [0.25, 0.3) is 0 Å². The number of nitrogens with zero attached hydrogens (tertiary/aromatic N) is 1. The number of methoxy groups -OCH3 is 2. The van der Waals surface area contributed by atoms with Crippen LogP contribution in [0.25, 0.3) is 10.6 Å². The van der Waals surface area contributed by atoms with Gasteiger partial charge in [0, 0.05) is 16.6 Å². The summed E-state index contributed by atoms with van der Waals surface area (Å²) in [6.45, 7) is 2.82. The molecule has 3 aromatic rings. The summed E-state index contributed by atoms with van der Waals surface area (Å²) < 4.78 is 15.0. The monoisotopic (exact) mass is 428 g/mol. The second-order valence-corrected chi connectivity index (χ2v) is 7.24. The van der Waals surface area contributed by atoms with Gasteiger partial charge in [0.05, 0.1) is 25.5 Å². The van der Waals surface area contributed by atoms with Crippen molar-refractivity contribution in [1.82, 2.24) is 9.97 Å².